The fourth-order valence-corrected chi connectivity index (χ4v) is 1.96. The molecule has 0 spiro atoms. The minimum Gasteiger partial charge on any atom is -0.481 e. The molecule has 1 atom stereocenters. The lowest BCUT2D eigenvalue weighted by Crippen LogP contribution is -2.30. The lowest BCUT2D eigenvalue weighted by atomic mass is 10.0. The van der Waals surface area contributed by atoms with Crippen LogP contribution in [-0.4, -0.2) is 17.0 Å². The molecular formula is C16H14FNO3. The van der Waals surface area contributed by atoms with Gasteiger partial charge in [0, 0.05) is 5.56 Å². The summed E-state index contributed by atoms with van der Waals surface area (Å²) in [5, 5.41) is 11.6. The minimum absolute atomic E-state index is 0.225. The van der Waals surface area contributed by atoms with Gasteiger partial charge < -0.3 is 10.4 Å². The van der Waals surface area contributed by atoms with Crippen LogP contribution in [0.1, 0.15) is 28.4 Å². The van der Waals surface area contributed by atoms with Crippen molar-refractivity contribution in [1.82, 2.24) is 5.32 Å². The van der Waals surface area contributed by atoms with Crippen molar-refractivity contribution >= 4 is 11.9 Å². The third-order valence-corrected chi connectivity index (χ3v) is 2.99. The highest BCUT2D eigenvalue weighted by Crippen LogP contribution is 2.17. The zero-order valence-corrected chi connectivity index (χ0v) is 11.1. The molecule has 0 aliphatic heterocycles. The highest BCUT2D eigenvalue weighted by molar-refractivity contribution is 5.94. The van der Waals surface area contributed by atoms with Gasteiger partial charge in [-0.15, -0.1) is 0 Å². The van der Waals surface area contributed by atoms with Gasteiger partial charge in [0.1, 0.15) is 5.82 Å². The summed E-state index contributed by atoms with van der Waals surface area (Å²) in [4.78, 5) is 23.0. The summed E-state index contributed by atoms with van der Waals surface area (Å²) in [6.45, 7) is 0. The number of carbonyl (C=O) groups excluding carboxylic acids is 1. The van der Waals surface area contributed by atoms with Crippen molar-refractivity contribution in [2.24, 2.45) is 0 Å². The van der Waals surface area contributed by atoms with E-state index in [0.29, 0.717) is 5.56 Å². The van der Waals surface area contributed by atoms with Crippen molar-refractivity contribution in [2.45, 2.75) is 12.5 Å². The topological polar surface area (TPSA) is 66.4 Å². The lowest BCUT2D eigenvalue weighted by Gasteiger charge is -2.17. The molecule has 0 fully saturated rings. The van der Waals surface area contributed by atoms with Gasteiger partial charge in [-0.1, -0.05) is 30.3 Å². The van der Waals surface area contributed by atoms with Crippen LogP contribution in [-0.2, 0) is 4.79 Å². The van der Waals surface area contributed by atoms with E-state index in [1.165, 1.54) is 24.3 Å². The zero-order chi connectivity index (χ0) is 15.2. The van der Waals surface area contributed by atoms with Gasteiger partial charge in [0.2, 0.25) is 0 Å². The first-order chi connectivity index (χ1) is 10.1. The number of halogens is 1. The Morgan fingerprint density at radius 3 is 2.24 bits per heavy atom. The van der Waals surface area contributed by atoms with E-state index in [4.69, 9.17) is 5.11 Å². The molecule has 2 N–H and O–H groups in total. The van der Waals surface area contributed by atoms with Crippen LogP contribution in [0.5, 0.6) is 0 Å². The van der Waals surface area contributed by atoms with E-state index >= 15 is 0 Å². The van der Waals surface area contributed by atoms with E-state index in [1.54, 1.807) is 24.3 Å². The quantitative estimate of drug-likeness (QED) is 0.888. The Labute approximate surface area is 121 Å². The Morgan fingerprint density at radius 2 is 1.67 bits per heavy atom. The number of carbonyl (C=O) groups is 2. The van der Waals surface area contributed by atoms with E-state index < -0.39 is 23.7 Å². The Hall–Kier alpha value is -2.69. The second kappa shape index (κ2) is 6.65. The second-order valence-corrected chi connectivity index (χ2v) is 4.54. The molecule has 108 valence electrons. The maximum absolute atomic E-state index is 12.8. The van der Waals surface area contributed by atoms with Crippen molar-refractivity contribution in [2.75, 3.05) is 0 Å². The smallest absolute Gasteiger partial charge is 0.305 e. The molecule has 1 unspecified atom stereocenters. The van der Waals surface area contributed by atoms with Crippen LogP contribution in [0.25, 0.3) is 0 Å². The molecule has 2 rings (SSSR count). The number of carboxylic acids is 1. The van der Waals surface area contributed by atoms with Crippen LogP contribution in [0.4, 0.5) is 4.39 Å². The molecule has 0 aliphatic rings. The molecule has 2 aromatic rings. The number of amides is 1. The number of benzene rings is 2. The molecule has 5 heteroatoms. The average Bonchev–Trinajstić information content (AvgIpc) is 2.47. The predicted octanol–water partition coefficient (Wildman–Crippen LogP) is 2.77. The van der Waals surface area contributed by atoms with Crippen LogP contribution in [0.2, 0.25) is 0 Å². The highest BCUT2D eigenvalue weighted by Gasteiger charge is 2.18. The van der Waals surface area contributed by atoms with E-state index in [1.807, 2.05) is 6.07 Å². The largest absolute Gasteiger partial charge is 0.481 e. The van der Waals surface area contributed by atoms with Crippen molar-refractivity contribution in [3.63, 3.8) is 0 Å². The molecule has 0 aromatic heterocycles. The fourth-order valence-electron chi connectivity index (χ4n) is 1.96. The SMILES string of the molecule is O=C(O)CC(NC(=O)c1ccc(F)cc1)c1ccccc1. The van der Waals surface area contributed by atoms with Crippen LogP contribution in [0, 0.1) is 5.82 Å². The summed E-state index contributed by atoms with van der Waals surface area (Å²) < 4.78 is 12.8. The Bertz CT molecular complexity index is 626. The minimum atomic E-state index is -1.01. The van der Waals surface area contributed by atoms with Crippen LogP contribution in [0.3, 0.4) is 0 Å². The Morgan fingerprint density at radius 1 is 1.05 bits per heavy atom. The molecule has 0 saturated carbocycles. The van der Waals surface area contributed by atoms with Gasteiger partial charge in [0.15, 0.2) is 0 Å². The molecule has 21 heavy (non-hydrogen) atoms. The van der Waals surface area contributed by atoms with E-state index in [9.17, 15) is 14.0 Å². The van der Waals surface area contributed by atoms with Gasteiger partial charge in [0.25, 0.3) is 5.91 Å². The van der Waals surface area contributed by atoms with Crippen molar-refractivity contribution in [1.29, 1.82) is 0 Å². The van der Waals surface area contributed by atoms with E-state index in [-0.39, 0.29) is 12.0 Å². The standard InChI is InChI=1S/C16H14FNO3/c17-13-8-6-12(7-9-13)16(21)18-14(10-15(19)20)11-4-2-1-3-5-11/h1-9,14H,10H2,(H,18,21)(H,19,20). The molecule has 0 aliphatic carbocycles. The number of hydrogen-bond donors (Lipinski definition) is 2. The first-order valence-electron chi connectivity index (χ1n) is 6.39. The highest BCUT2D eigenvalue weighted by atomic mass is 19.1. The number of aliphatic carboxylic acids is 1. The summed E-state index contributed by atoms with van der Waals surface area (Å²) in [6.07, 6.45) is -0.225. The number of rotatable bonds is 5. The van der Waals surface area contributed by atoms with Gasteiger partial charge in [0.05, 0.1) is 12.5 Å². The molecular weight excluding hydrogens is 273 g/mol. The molecule has 0 bridgehead atoms. The monoisotopic (exact) mass is 287 g/mol. The Kier molecular flexibility index (Phi) is 4.66. The normalized spacial score (nSPS) is 11.7. The van der Waals surface area contributed by atoms with Gasteiger partial charge in [-0.05, 0) is 29.8 Å². The molecule has 0 radical (unpaired) electrons. The first-order valence-corrected chi connectivity index (χ1v) is 6.39. The van der Waals surface area contributed by atoms with Crippen molar-refractivity contribution < 1.29 is 19.1 Å². The summed E-state index contributed by atoms with van der Waals surface area (Å²) in [5.41, 5.74) is 0.984. The van der Waals surface area contributed by atoms with E-state index in [0.717, 1.165) is 0 Å². The van der Waals surface area contributed by atoms with Gasteiger partial charge >= 0.3 is 5.97 Å². The molecule has 1 amide bonds. The van der Waals surface area contributed by atoms with E-state index in [2.05, 4.69) is 5.32 Å². The van der Waals surface area contributed by atoms with Crippen molar-refractivity contribution in [3.8, 4) is 0 Å². The maximum atomic E-state index is 12.8. The third-order valence-electron chi connectivity index (χ3n) is 2.99. The summed E-state index contributed by atoms with van der Waals surface area (Å²) in [6, 6.07) is 13.3. The third kappa shape index (κ3) is 4.14. The summed E-state index contributed by atoms with van der Waals surface area (Å²) >= 11 is 0. The van der Waals surface area contributed by atoms with Crippen LogP contribution >= 0.6 is 0 Å². The van der Waals surface area contributed by atoms with Crippen LogP contribution in [0.15, 0.2) is 54.6 Å². The van der Waals surface area contributed by atoms with Gasteiger partial charge in [-0.3, -0.25) is 9.59 Å². The number of carboxylic acid groups (broad SMARTS) is 1. The van der Waals surface area contributed by atoms with Gasteiger partial charge in [-0.25, -0.2) is 4.39 Å². The number of nitrogens with one attached hydrogen (secondary N) is 1. The number of hydrogen-bond acceptors (Lipinski definition) is 2. The fraction of sp³-hybridized carbons (Fsp3) is 0.125. The van der Waals surface area contributed by atoms with Crippen LogP contribution < -0.4 is 5.32 Å². The van der Waals surface area contributed by atoms with Gasteiger partial charge in [-0.2, -0.15) is 0 Å². The lowest BCUT2D eigenvalue weighted by molar-refractivity contribution is -0.137. The molecule has 0 heterocycles. The maximum Gasteiger partial charge on any atom is 0.305 e. The first kappa shape index (κ1) is 14.7. The Balaban J connectivity index is 2.17. The molecule has 4 nitrogen and oxygen atoms in total. The average molecular weight is 287 g/mol. The second-order valence-electron chi connectivity index (χ2n) is 4.54. The molecule has 2 aromatic carbocycles. The summed E-state index contributed by atoms with van der Waals surface area (Å²) in [5.74, 6) is -1.88. The summed E-state index contributed by atoms with van der Waals surface area (Å²) in [7, 11) is 0. The van der Waals surface area contributed by atoms with Crippen molar-refractivity contribution in [3.05, 3.63) is 71.5 Å². The predicted molar refractivity (Wildman–Crippen MR) is 75.3 cm³/mol. The molecule has 0 saturated heterocycles. The zero-order valence-electron chi connectivity index (χ0n) is 11.1.